The Bertz CT molecular complexity index is 1180. The highest BCUT2D eigenvalue weighted by atomic mass is 28.4. The molecule has 0 spiro atoms. The Morgan fingerprint density at radius 3 is 2.26 bits per heavy atom. The van der Waals surface area contributed by atoms with Crippen LogP contribution >= 0.6 is 0 Å². The third-order valence-electron chi connectivity index (χ3n) is 8.47. The number of rotatable bonds is 9. The van der Waals surface area contributed by atoms with Gasteiger partial charge in [0.05, 0.1) is 12.6 Å². The summed E-state index contributed by atoms with van der Waals surface area (Å²) >= 11 is 0. The molecule has 2 unspecified atom stereocenters. The number of hydrogen-bond donors (Lipinski definition) is 1. The van der Waals surface area contributed by atoms with E-state index >= 15 is 0 Å². The van der Waals surface area contributed by atoms with E-state index in [9.17, 15) is 0 Å². The van der Waals surface area contributed by atoms with Crippen LogP contribution in [0.4, 0.5) is 0 Å². The van der Waals surface area contributed by atoms with Crippen molar-refractivity contribution in [3.63, 3.8) is 0 Å². The van der Waals surface area contributed by atoms with Gasteiger partial charge in [-0.25, -0.2) is 0 Å². The zero-order chi connectivity index (χ0) is 29.1. The van der Waals surface area contributed by atoms with E-state index in [1.807, 2.05) is 12.3 Å². The van der Waals surface area contributed by atoms with Crippen LogP contribution < -0.4 is 5.32 Å². The quantitative estimate of drug-likeness (QED) is 0.254. The van der Waals surface area contributed by atoms with E-state index in [0.717, 1.165) is 24.3 Å². The fourth-order valence-electron chi connectivity index (χ4n) is 3.85. The average Bonchev–Trinajstić information content (AvgIpc) is 3.46. The van der Waals surface area contributed by atoms with Gasteiger partial charge < -0.3 is 23.6 Å². The molecule has 0 radical (unpaired) electrons. The van der Waals surface area contributed by atoms with Gasteiger partial charge in [-0.1, -0.05) is 64.8 Å². The molecule has 3 rings (SSSR count). The van der Waals surface area contributed by atoms with E-state index in [0.29, 0.717) is 12.3 Å². The summed E-state index contributed by atoms with van der Waals surface area (Å²) in [5.41, 5.74) is 3.05. The van der Waals surface area contributed by atoms with Crippen LogP contribution in [0.5, 0.6) is 0 Å². The lowest BCUT2D eigenvalue weighted by molar-refractivity contribution is 0.0895. The average molecular weight is 568 g/mol. The summed E-state index contributed by atoms with van der Waals surface area (Å²) in [7, 11) is -3.58. The van der Waals surface area contributed by atoms with Gasteiger partial charge in [0.1, 0.15) is 11.9 Å². The molecule has 214 valence electrons. The number of nitrogens with zero attached hydrogens (tertiary/aromatic N) is 2. The molecule has 0 saturated heterocycles. The molecule has 2 atom stereocenters. The Labute approximate surface area is 238 Å². The Hall–Kier alpha value is -2.32. The Morgan fingerprint density at radius 2 is 1.64 bits per heavy atom. The fourth-order valence-corrected chi connectivity index (χ4v) is 6.31. The Morgan fingerprint density at radius 1 is 1.00 bits per heavy atom. The maximum atomic E-state index is 6.63. The van der Waals surface area contributed by atoms with Crippen molar-refractivity contribution in [2.24, 2.45) is 0 Å². The monoisotopic (exact) mass is 567 g/mol. The third-order valence-corrected chi connectivity index (χ3v) is 17.6. The van der Waals surface area contributed by atoms with Crippen LogP contribution in [0.1, 0.15) is 71.0 Å². The number of benzene rings is 1. The standard InChI is InChI=1S/C31H49N3O3Si2/c1-24(37-39(10,11)31(5,6)7)29-32-19-20-34(29)23-27-22-28(36-33-27)17-16-25-12-14-26(15-13-25)18-21-35-38(8,9)30(2,3)4/h12-15,19-20,22,24,29,32H,18,21,23H2,1-11H3. The van der Waals surface area contributed by atoms with E-state index in [1.165, 1.54) is 5.56 Å². The lowest BCUT2D eigenvalue weighted by atomic mass is 10.1. The van der Waals surface area contributed by atoms with E-state index in [4.69, 9.17) is 13.4 Å². The molecule has 0 amide bonds. The van der Waals surface area contributed by atoms with Gasteiger partial charge in [-0.05, 0) is 73.2 Å². The Balaban J connectivity index is 1.54. The lowest BCUT2D eigenvalue weighted by Gasteiger charge is -2.41. The minimum atomic E-state index is -1.87. The minimum absolute atomic E-state index is 0.0358. The van der Waals surface area contributed by atoms with Gasteiger partial charge in [0.25, 0.3) is 0 Å². The van der Waals surface area contributed by atoms with Gasteiger partial charge in [0, 0.05) is 30.6 Å². The highest BCUT2D eigenvalue weighted by molar-refractivity contribution is 6.74. The molecule has 6 nitrogen and oxygen atoms in total. The Kier molecular flexibility index (Phi) is 9.65. The van der Waals surface area contributed by atoms with Crippen LogP contribution in [0.25, 0.3) is 0 Å². The first-order valence-corrected chi connectivity index (χ1v) is 19.9. The molecule has 0 bridgehead atoms. The molecule has 1 aliphatic rings. The molecule has 0 aliphatic carbocycles. The van der Waals surface area contributed by atoms with Crippen LogP contribution in [0.15, 0.2) is 47.3 Å². The second kappa shape index (κ2) is 12.1. The van der Waals surface area contributed by atoms with Crippen molar-refractivity contribution in [1.82, 2.24) is 15.4 Å². The van der Waals surface area contributed by atoms with Gasteiger partial charge in [-0.15, -0.1) is 0 Å². The van der Waals surface area contributed by atoms with Crippen molar-refractivity contribution in [1.29, 1.82) is 0 Å². The highest BCUT2D eigenvalue weighted by Crippen LogP contribution is 2.38. The summed E-state index contributed by atoms with van der Waals surface area (Å²) in [4.78, 5) is 2.21. The van der Waals surface area contributed by atoms with Crippen LogP contribution in [-0.4, -0.2) is 45.6 Å². The molecule has 0 fully saturated rings. The first-order valence-electron chi connectivity index (χ1n) is 14.1. The molecule has 8 heteroatoms. The second-order valence-corrected chi connectivity index (χ2v) is 23.2. The smallest absolute Gasteiger partial charge is 0.210 e. The molecular weight excluding hydrogens is 519 g/mol. The molecule has 39 heavy (non-hydrogen) atoms. The van der Waals surface area contributed by atoms with E-state index in [1.54, 1.807) is 0 Å². The van der Waals surface area contributed by atoms with Crippen molar-refractivity contribution in [2.75, 3.05) is 6.61 Å². The summed E-state index contributed by atoms with van der Waals surface area (Å²) in [5.74, 6) is 6.88. The zero-order valence-corrected chi connectivity index (χ0v) is 27.9. The molecular formula is C31H49N3O3Si2. The molecule has 1 aromatic heterocycles. The van der Waals surface area contributed by atoms with Crippen LogP contribution in [0.3, 0.4) is 0 Å². The molecule has 1 aromatic carbocycles. The minimum Gasteiger partial charge on any atom is -0.416 e. The number of aromatic nitrogens is 1. The lowest BCUT2D eigenvalue weighted by Crippen LogP contribution is -2.51. The molecule has 1 N–H and O–H groups in total. The normalized spacial score (nSPS) is 17.1. The molecule has 0 saturated carbocycles. The SMILES string of the molecule is CC(O[Si](C)(C)C(C)(C)C)C1NC=CN1Cc1cc(C#Cc2ccc(CCO[Si](C)(C)C(C)(C)C)cc2)on1. The van der Waals surface area contributed by atoms with Crippen molar-refractivity contribution in [2.45, 2.75) is 110 Å². The molecule has 2 heterocycles. The van der Waals surface area contributed by atoms with Crippen LogP contribution in [-0.2, 0) is 21.8 Å². The summed E-state index contributed by atoms with van der Waals surface area (Å²) < 4.78 is 18.5. The van der Waals surface area contributed by atoms with Gasteiger partial charge in [0.15, 0.2) is 16.6 Å². The largest absolute Gasteiger partial charge is 0.416 e. The summed E-state index contributed by atoms with van der Waals surface area (Å²) in [6.45, 7) is 26.3. The van der Waals surface area contributed by atoms with Gasteiger partial charge >= 0.3 is 0 Å². The predicted molar refractivity (Wildman–Crippen MR) is 165 cm³/mol. The third kappa shape index (κ3) is 8.34. The van der Waals surface area contributed by atoms with Crippen molar-refractivity contribution in [3.8, 4) is 11.8 Å². The van der Waals surface area contributed by atoms with Crippen LogP contribution in [0, 0.1) is 11.8 Å². The topological polar surface area (TPSA) is 59.8 Å². The van der Waals surface area contributed by atoms with Gasteiger partial charge in [-0.2, -0.15) is 0 Å². The van der Waals surface area contributed by atoms with Crippen molar-refractivity contribution >= 4 is 16.6 Å². The van der Waals surface area contributed by atoms with Crippen LogP contribution in [0.2, 0.25) is 36.3 Å². The van der Waals surface area contributed by atoms with Gasteiger partial charge in [0.2, 0.25) is 5.76 Å². The number of hydrogen-bond acceptors (Lipinski definition) is 6. The second-order valence-electron chi connectivity index (χ2n) is 13.7. The zero-order valence-electron chi connectivity index (χ0n) is 25.9. The maximum Gasteiger partial charge on any atom is 0.210 e. The molecule has 2 aromatic rings. The number of nitrogens with one attached hydrogen (secondary N) is 1. The fraction of sp³-hybridized carbons (Fsp3) is 0.581. The summed E-state index contributed by atoms with van der Waals surface area (Å²) in [6.07, 6.45) is 5.02. The molecule has 1 aliphatic heterocycles. The van der Waals surface area contributed by atoms with Crippen molar-refractivity contribution in [3.05, 3.63) is 65.3 Å². The van der Waals surface area contributed by atoms with E-state index in [-0.39, 0.29) is 22.3 Å². The summed E-state index contributed by atoms with van der Waals surface area (Å²) in [5, 5.41) is 8.09. The van der Waals surface area contributed by atoms with E-state index in [2.05, 4.69) is 132 Å². The highest BCUT2D eigenvalue weighted by Gasteiger charge is 2.41. The van der Waals surface area contributed by atoms with Gasteiger partial charge in [-0.3, -0.25) is 0 Å². The maximum absolute atomic E-state index is 6.63. The van der Waals surface area contributed by atoms with E-state index < -0.39 is 16.6 Å². The van der Waals surface area contributed by atoms with Crippen molar-refractivity contribution < 1.29 is 13.4 Å². The predicted octanol–water partition coefficient (Wildman–Crippen LogP) is 7.25. The first kappa shape index (κ1) is 31.2. The summed E-state index contributed by atoms with van der Waals surface area (Å²) in [6, 6.07) is 10.3. The first-order chi connectivity index (χ1) is 18.0.